The lowest BCUT2D eigenvalue weighted by Crippen LogP contribution is -1.86. The average molecular weight is 189 g/mol. The second-order valence-electron chi connectivity index (χ2n) is 3.29. The lowest BCUT2D eigenvalue weighted by Gasteiger charge is -2.09. The zero-order chi connectivity index (χ0) is 10.7. The summed E-state index contributed by atoms with van der Waals surface area (Å²) in [5.74, 6) is 0.304. The third-order valence-electron chi connectivity index (χ3n) is 2.21. The van der Waals surface area contributed by atoms with Crippen LogP contribution in [0.4, 0.5) is 5.69 Å². The Labute approximate surface area is 84.6 Å². The van der Waals surface area contributed by atoms with Crippen LogP contribution in [0.1, 0.15) is 25.0 Å². The molecular formula is C12H15NO. The van der Waals surface area contributed by atoms with Gasteiger partial charge in [0.05, 0.1) is 5.69 Å². The van der Waals surface area contributed by atoms with Gasteiger partial charge >= 0.3 is 0 Å². The van der Waals surface area contributed by atoms with Crippen molar-refractivity contribution in [3.63, 3.8) is 0 Å². The number of nitrogens with zero attached hydrogens (tertiary/aromatic N) is 1. The lowest BCUT2D eigenvalue weighted by molar-refractivity contribution is 0.469. The first-order valence-corrected chi connectivity index (χ1v) is 4.58. The van der Waals surface area contributed by atoms with Gasteiger partial charge in [-0.15, -0.1) is 0 Å². The largest absolute Gasteiger partial charge is 0.508 e. The average Bonchev–Trinajstić information content (AvgIpc) is 2.17. The molecule has 0 atom stereocenters. The van der Waals surface area contributed by atoms with Crippen molar-refractivity contribution in [1.82, 2.24) is 0 Å². The minimum Gasteiger partial charge on any atom is -0.508 e. The molecule has 0 aliphatic heterocycles. The second kappa shape index (κ2) is 4.09. The molecule has 0 aromatic heterocycles. The topological polar surface area (TPSA) is 32.6 Å². The minimum atomic E-state index is 0.304. The standard InChI is InChI=1S/C12H15NO/c1-5-9-6-11(13-4)10(8(2)3)7-12(9)14/h6-7,14H,2,4-5H2,1,3H3. The fourth-order valence-electron chi connectivity index (χ4n) is 1.38. The van der Waals surface area contributed by atoms with Crippen LogP contribution >= 0.6 is 0 Å². The predicted molar refractivity (Wildman–Crippen MR) is 61.4 cm³/mol. The SMILES string of the molecule is C=Nc1cc(CC)c(O)cc1C(=C)C. The van der Waals surface area contributed by atoms with Crippen molar-refractivity contribution in [2.45, 2.75) is 20.3 Å². The number of aliphatic imine (C=N–C) groups is 1. The number of rotatable bonds is 3. The predicted octanol–water partition coefficient (Wildman–Crippen LogP) is 3.32. The van der Waals surface area contributed by atoms with Crippen molar-refractivity contribution in [3.8, 4) is 5.75 Å². The minimum absolute atomic E-state index is 0.304. The van der Waals surface area contributed by atoms with Crippen molar-refractivity contribution in [1.29, 1.82) is 0 Å². The van der Waals surface area contributed by atoms with Crippen LogP contribution in [0.2, 0.25) is 0 Å². The molecule has 2 nitrogen and oxygen atoms in total. The molecule has 1 N–H and O–H groups in total. The summed E-state index contributed by atoms with van der Waals surface area (Å²) in [5, 5.41) is 9.66. The van der Waals surface area contributed by atoms with Crippen LogP contribution in [0.3, 0.4) is 0 Å². The van der Waals surface area contributed by atoms with Crippen LogP contribution in [-0.4, -0.2) is 11.8 Å². The quantitative estimate of drug-likeness (QED) is 0.727. The molecule has 1 aromatic rings. The Hall–Kier alpha value is -1.57. The first-order valence-electron chi connectivity index (χ1n) is 4.58. The molecule has 2 heteroatoms. The maximum Gasteiger partial charge on any atom is 0.119 e. The number of phenolic OH excluding ortho intramolecular Hbond substituents is 1. The van der Waals surface area contributed by atoms with Gasteiger partial charge in [0.25, 0.3) is 0 Å². The number of aryl methyl sites for hydroxylation is 1. The Kier molecular flexibility index (Phi) is 3.07. The lowest BCUT2D eigenvalue weighted by atomic mass is 10.0. The zero-order valence-electron chi connectivity index (χ0n) is 8.67. The fraction of sp³-hybridized carbons (Fsp3) is 0.250. The third kappa shape index (κ3) is 1.84. The van der Waals surface area contributed by atoms with E-state index in [9.17, 15) is 5.11 Å². The van der Waals surface area contributed by atoms with Crippen molar-refractivity contribution in [2.24, 2.45) is 4.99 Å². The number of allylic oxidation sites excluding steroid dienone is 1. The summed E-state index contributed by atoms with van der Waals surface area (Å²) in [6.45, 7) is 11.2. The third-order valence-corrected chi connectivity index (χ3v) is 2.21. The van der Waals surface area contributed by atoms with Crippen LogP contribution in [0.25, 0.3) is 5.57 Å². The maximum absolute atomic E-state index is 9.66. The highest BCUT2D eigenvalue weighted by Crippen LogP contribution is 2.32. The van der Waals surface area contributed by atoms with Gasteiger partial charge in [0.15, 0.2) is 0 Å². The number of phenols is 1. The van der Waals surface area contributed by atoms with Gasteiger partial charge in [0, 0.05) is 5.56 Å². The van der Waals surface area contributed by atoms with E-state index in [-0.39, 0.29) is 0 Å². The van der Waals surface area contributed by atoms with Gasteiger partial charge in [-0.3, -0.25) is 4.99 Å². The molecule has 0 aliphatic carbocycles. The molecule has 1 aromatic carbocycles. The summed E-state index contributed by atoms with van der Waals surface area (Å²) in [7, 11) is 0. The highest BCUT2D eigenvalue weighted by Gasteiger charge is 2.07. The molecule has 0 amide bonds. The Bertz CT molecular complexity index is 380. The Morgan fingerprint density at radius 2 is 2.14 bits per heavy atom. The van der Waals surface area contributed by atoms with Crippen molar-refractivity contribution in [2.75, 3.05) is 0 Å². The molecule has 0 saturated heterocycles. The summed E-state index contributed by atoms with van der Waals surface area (Å²) < 4.78 is 0. The summed E-state index contributed by atoms with van der Waals surface area (Å²) in [4.78, 5) is 3.92. The molecule has 14 heavy (non-hydrogen) atoms. The van der Waals surface area contributed by atoms with E-state index >= 15 is 0 Å². The van der Waals surface area contributed by atoms with E-state index < -0.39 is 0 Å². The molecule has 0 unspecified atom stereocenters. The zero-order valence-corrected chi connectivity index (χ0v) is 8.67. The van der Waals surface area contributed by atoms with Crippen LogP contribution in [0, 0.1) is 0 Å². The molecule has 0 spiro atoms. The van der Waals surface area contributed by atoms with Gasteiger partial charge in [-0.2, -0.15) is 0 Å². The Balaban J connectivity index is 3.38. The van der Waals surface area contributed by atoms with Crippen molar-refractivity contribution in [3.05, 3.63) is 29.8 Å². The molecule has 74 valence electrons. The number of hydrogen-bond donors (Lipinski definition) is 1. The first kappa shape index (κ1) is 10.5. The van der Waals surface area contributed by atoms with Gasteiger partial charge in [-0.25, -0.2) is 0 Å². The maximum atomic E-state index is 9.66. The van der Waals surface area contributed by atoms with E-state index in [1.54, 1.807) is 6.07 Å². The molecule has 0 aliphatic rings. The van der Waals surface area contributed by atoms with E-state index in [0.717, 1.165) is 28.8 Å². The normalized spacial score (nSPS) is 9.86. The van der Waals surface area contributed by atoms with Gasteiger partial charge in [-0.1, -0.05) is 13.5 Å². The molecular weight excluding hydrogens is 174 g/mol. The number of benzene rings is 1. The molecule has 0 bridgehead atoms. The summed E-state index contributed by atoms with van der Waals surface area (Å²) in [6.07, 6.45) is 0.783. The summed E-state index contributed by atoms with van der Waals surface area (Å²) in [5.41, 5.74) is 3.41. The smallest absolute Gasteiger partial charge is 0.119 e. The number of hydrogen-bond acceptors (Lipinski definition) is 2. The number of aromatic hydroxyl groups is 1. The van der Waals surface area contributed by atoms with Crippen LogP contribution in [0.15, 0.2) is 23.7 Å². The van der Waals surface area contributed by atoms with Crippen LogP contribution in [0.5, 0.6) is 5.75 Å². The molecule has 1 rings (SSSR count). The summed E-state index contributed by atoms with van der Waals surface area (Å²) >= 11 is 0. The first-order chi connectivity index (χ1) is 6.60. The van der Waals surface area contributed by atoms with E-state index in [2.05, 4.69) is 18.3 Å². The molecule has 0 saturated carbocycles. The Morgan fingerprint density at radius 1 is 1.50 bits per heavy atom. The van der Waals surface area contributed by atoms with Gasteiger partial charge in [0.2, 0.25) is 0 Å². The van der Waals surface area contributed by atoms with Gasteiger partial charge < -0.3 is 5.11 Å². The fourth-order valence-corrected chi connectivity index (χ4v) is 1.38. The van der Waals surface area contributed by atoms with E-state index in [4.69, 9.17) is 0 Å². The van der Waals surface area contributed by atoms with Gasteiger partial charge in [0.1, 0.15) is 5.75 Å². The van der Waals surface area contributed by atoms with E-state index in [0.29, 0.717) is 5.75 Å². The monoisotopic (exact) mass is 189 g/mol. The van der Waals surface area contributed by atoms with Crippen molar-refractivity contribution >= 4 is 18.0 Å². The Morgan fingerprint density at radius 3 is 2.57 bits per heavy atom. The molecule has 0 radical (unpaired) electrons. The van der Waals surface area contributed by atoms with Gasteiger partial charge in [-0.05, 0) is 43.3 Å². The highest BCUT2D eigenvalue weighted by atomic mass is 16.3. The molecule has 0 heterocycles. The van der Waals surface area contributed by atoms with Crippen LogP contribution < -0.4 is 0 Å². The van der Waals surface area contributed by atoms with E-state index in [1.807, 2.05) is 19.9 Å². The van der Waals surface area contributed by atoms with E-state index in [1.165, 1.54) is 0 Å². The second-order valence-corrected chi connectivity index (χ2v) is 3.29. The highest BCUT2D eigenvalue weighted by molar-refractivity contribution is 5.75. The summed E-state index contributed by atoms with van der Waals surface area (Å²) in [6, 6.07) is 3.55. The molecule has 0 fully saturated rings. The van der Waals surface area contributed by atoms with Crippen LogP contribution in [-0.2, 0) is 6.42 Å². The van der Waals surface area contributed by atoms with Crippen molar-refractivity contribution < 1.29 is 5.11 Å².